The first kappa shape index (κ1) is 28.0. The van der Waals surface area contributed by atoms with Gasteiger partial charge in [0.1, 0.15) is 5.75 Å². The lowest BCUT2D eigenvalue weighted by Gasteiger charge is -2.36. The molecule has 4 nitrogen and oxygen atoms in total. The maximum atomic E-state index is 6.14. The molecule has 6 heteroatoms. The summed E-state index contributed by atoms with van der Waals surface area (Å²) in [7, 11) is 0.697. The van der Waals surface area contributed by atoms with E-state index >= 15 is 0 Å². The lowest BCUT2D eigenvalue weighted by Crippen LogP contribution is -2.39. The number of hydrogen-bond donors (Lipinski definition) is 0. The van der Waals surface area contributed by atoms with Gasteiger partial charge >= 0.3 is 0 Å². The van der Waals surface area contributed by atoms with Crippen molar-refractivity contribution in [2.75, 3.05) is 27.1 Å². The maximum absolute atomic E-state index is 6.14. The largest absolute Gasteiger partial charge is 0.467 e. The van der Waals surface area contributed by atoms with Crippen LogP contribution in [0.25, 0.3) is 0 Å². The molecule has 0 aliphatic heterocycles. The third kappa shape index (κ3) is 6.90. The van der Waals surface area contributed by atoms with Gasteiger partial charge in [-0.1, -0.05) is 83.7 Å². The van der Waals surface area contributed by atoms with E-state index in [1.54, 1.807) is 7.11 Å². The molecule has 0 amide bonds. The van der Waals surface area contributed by atoms with Crippen molar-refractivity contribution < 1.29 is 18.9 Å². The molecule has 33 heavy (non-hydrogen) atoms. The van der Waals surface area contributed by atoms with Crippen LogP contribution in [0.2, 0.25) is 19.6 Å². The summed E-state index contributed by atoms with van der Waals surface area (Å²) in [6.07, 6.45) is 0.984. The predicted molar refractivity (Wildman–Crippen MR) is 145 cm³/mol. The van der Waals surface area contributed by atoms with E-state index in [-0.39, 0.29) is 11.9 Å². The molecule has 0 radical (unpaired) electrons. The fraction of sp³-hybridized carbons (Fsp3) is 0.556. The molecular weight excluding hydrogens is 447 g/mol. The van der Waals surface area contributed by atoms with Crippen LogP contribution in [0.4, 0.5) is 0 Å². The lowest BCUT2D eigenvalue weighted by molar-refractivity contribution is -0.229. The van der Waals surface area contributed by atoms with Crippen molar-refractivity contribution in [2.24, 2.45) is 0 Å². The van der Waals surface area contributed by atoms with E-state index in [9.17, 15) is 0 Å². The van der Waals surface area contributed by atoms with Crippen LogP contribution in [-0.4, -0.2) is 35.2 Å². The summed E-state index contributed by atoms with van der Waals surface area (Å²) in [6, 6.07) is 15.3. The van der Waals surface area contributed by atoms with Gasteiger partial charge in [0.2, 0.25) is 0 Å². The zero-order chi connectivity index (χ0) is 24.7. The molecule has 0 N–H and O–H groups in total. The van der Waals surface area contributed by atoms with Gasteiger partial charge in [-0.3, -0.25) is 0 Å². The van der Waals surface area contributed by atoms with Crippen molar-refractivity contribution in [3.05, 3.63) is 53.6 Å². The van der Waals surface area contributed by atoms with Gasteiger partial charge in [-0.2, -0.15) is 0 Å². The van der Waals surface area contributed by atoms with Crippen molar-refractivity contribution in [3.8, 4) is 5.75 Å². The van der Waals surface area contributed by atoms with E-state index in [2.05, 4.69) is 76.0 Å². The van der Waals surface area contributed by atoms with Gasteiger partial charge in [0.05, 0.1) is 8.07 Å². The van der Waals surface area contributed by atoms with Gasteiger partial charge in [-0.05, 0) is 38.6 Å². The van der Waals surface area contributed by atoms with E-state index in [1.807, 2.05) is 20.8 Å². The van der Waals surface area contributed by atoms with Gasteiger partial charge in [0.15, 0.2) is 12.6 Å². The van der Waals surface area contributed by atoms with E-state index < -0.39 is 13.9 Å². The summed E-state index contributed by atoms with van der Waals surface area (Å²) < 4.78 is 23.6. The average Bonchev–Trinajstić information content (AvgIpc) is 2.77. The quantitative estimate of drug-likeness (QED) is 0.193. The van der Waals surface area contributed by atoms with Crippen molar-refractivity contribution in [3.63, 3.8) is 0 Å². The lowest BCUT2D eigenvalue weighted by atomic mass is 9.96. The fourth-order valence-corrected chi connectivity index (χ4v) is 6.94. The Labute approximate surface area is 204 Å². The van der Waals surface area contributed by atoms with Crippen LogP contribution in [0.15, 0.2) is 42.5 Å². The van der Waals surface area contributed by atoms with Crippen LogP contribution in [0.5, 0.6) is 5.75 Å². The number of methoxy groups -OCH3 is 1. The second kappa shape index (κ2) is 11.9. The third-order valence-electron chi connectivity index (χ3n) is 6.15. The number of ether oxygens (including phenoxy) is 4. The minimum Gasteiger partial charge on any atom is -0.467 e. The van der Waals surface area contributed by atoms with Crippen LogP contribution in [0, 0.1) is 0 Å². The Hall–Kier alpha value is -1.23. The number of benzene rings is 2. The van der Waals surface area contributed by atoms with Gasteiger partial charge < -0.3 is 18.9 Å². The molecule has 0 bridgehead atoms. The van der Waals surface area contributed by atoms with Crippen molar-refractivity contribution in [1.82, 2.24) is 0 Å². The first-order valence-corrected chi connectivity index (χ1v) is 16.5. The van der Waals surface area contributed by atoms with Crippen LogP contribution in [0.1, 0.15) is 52.2 Å². The molecule has 0 aliphatic rings. The highest BCUT2D eigenvalue weighted by Crippen LogP contribution is 2.48. The zero-order valence-electron chi connectivity index (χ0n) is 22.0. The second-order valence-corrected chi connectivity index (χ2v) is 16.6. The maximum Gasteiger partial charge on any atom is 0.192 e. The molecule has 2 rings (SSSR count). The molecule has 0 aliphatic carbocycles. The van der Waals surface area contributed by atoms with Crippen molar-refractivity contribution >= 4 is 27.1 Å². The molecule has 0 aromatic heterocycles. The zero-order valence-corrected chi connectivity index (χ0v) is 24.0. The van der Waals surface area contributed by atoms with Gasteiger partial charge in [0.25, 0.3) is 0 Å². The summed E-state index contributed by atoms with van der Waals surface area (Å²) in [5.74, 6) is 0.141. The molecule has 2 atom stereocenters. The smallest absolute Gasteiger partial charge is 0.192 e. The minimum atomic E-state index is -1.49. The molecule has 2 unspecified atom stereocenters. The van der Waals surface area contributed by atoms with Crippen LogP contribution >= 0.6 is 8.58 Å². The molecule has 2 aromatic carbocycles. The van der Waals surface area contributed by atoms with Crippen molar-refractivity contribution in [2.45, 2.75) is 71.6 Å². The summed E-state index contributed by atoms with van der Waals surface area (Å²) in [4.78, 5) is 0. The highest BCUT2D eigenvalue weighted by molar-refractivity contribution is 7.48. The Balaban J connectivity index is 2.61. The monoisotopic (exact) mass is 490 g/mol. The SMILES string of the molecule is CCOC(C)(OCC)c1ccccc1PC(C)(CC)c1cc([Si](C)(C)C)ccc1OCOC. The second-order valence-electron chi connectivity index (χ2n) is 9.68. The Bertz CT molecular complexity index is 890. The fourth-order valence-electron chi connectivity index (χ4n) is 4.06. The first-order chi connectivity index (χ1) is 15.5. The minimum absolute atomic E-state index is 0.103. The van der Waals surface area contributed by atoms with Crippen molar-refractivity contribution in [1.29, 1.82) is 0 Å². The highest BCUT2D eigenvalue weighted by Gasteiger charge is 2.35. The topological polar surface area (TPSA) is 36.9 Å². The Kier molecular flexibility index (Phi) is 10.1. The Morgan fingerprint density at radius 3 is 2.06 bits per heavy atom. The molecule has 0 fully saturated rings. The van der Waals surface area contributed by atoms with Gasteiger partial charge in [-0.15, -0.1) is 0 Å². The van der Waals surface area contributed by atoms with E-state index in [1.165, 1.54) is 16.1 Å². The molecule has 0 heterocycles. The molecule has 2 aromatic rings. The highest BCUT2D eigenvalue weighted by atomic mass is 31.1. The number of rotatable bonds is 13. The van der Waals surface area contributed by atoms with E-state index in [0.717, 1.165) is 17.7 Å². The molecule has 0 saturated heterocycles. The average molecular weight is 491 g/mol. The van der Waals surface area contributed by atoms with Gasteiger partial charge in [-0.25, -0.2) is 0 Å². The molecular formula is C27H43O4PSi. The Morgan fingerprint density at radius 1 is 0.879 bits per heavy atom. The van der Waals surface area contributed by atoms with Crippen LogP contribution in [-0.2, 0) is 25.2 Å². The van der Waals surface area contributed by atoms with Crippen LogP contribution < -0.4 is 15.2 Å². The van der Waals surface area contributed by atoms with E-state index in [4.69, 9.17) is 18.9 Å². The standard InChI is InChI=1S/C27H43O4PSi/c1-10-26(4,23-19-21(33(7,8)9)17-18-24(23)29-20-28-6)32-25-16-14-13-15-22(25)27(5,30-11-2)31-12-3/h13-19,32H,10-12,20H2,1-9H3. The summed E-state index contributed by atoms with van der Waals surface area (Å²) >= 11 is 0. The van der Waals surface area contributed by atoms with Gasteiger partial charge in [0, 0.05) is 36.6 Å². The third-order valence-corrected chi connectivity index (χ3v) is 10.1. The molecule has 0 saturated carbocycles. The van der Waals surface area contributed by atoms with Crippen LogP contribution in [0.3, 0.4) is 0 Å². The molecule has 0 spiro atoms. The van der Waals surface area contributed by atoms with E-state index in [0.29, 0.717) is 21.8 Å². The first-order valence-electron chi connectivity index (χ1n) is 12.0. The summed E-state index contributed by atoms with van der Waals surface area (Å²) in [5, 5.41) is 2.60. The predicted octanol–water partition coefficient (Wildman–Crippen LogP) is 6.09. The normalized spacial score (nSPS) is 14.6. The number of hydrogen-bond acceptors (Lipinski definition) is 4. The summed E-state index contributed by atoms with van der Waals surface area (Å²) in [5.41, 5.74) is 2.36. The molecule has 184 valence electrons. The Morgan fingerprint density at radius 2 is 1.52 bits per heavy atom. The summed E-state index contributed by atoms with van der Waals surface area (Å²) in [6.45, 7) is 19.3.